The van der Waals surface area contributed by atoms with Gasteiger partial charge in [0, 0.05) is 11.5 Å². The van der Waals surface area contributed by atoms with Crippen LogP contribution in [0.1, 0.15) is 11.4 Å². The van der Waals surface area contributed by atoms with Crippen LogP contribution in [-0.4, -0.2) is 9.36 Å². The zero-order valence-electron chi connectivity index (χ0n) is 8.36. The van der Waals surface area contributed by atoms with Crippen molar-refractivity contribution in [2.75, 3.05) is 5.32 Å². The number of nitriles is 1. The summed E-state index contributed by atoms with van der Waals surface area (Å²) in [4.78, 5) is 4.16. The summed E-state index contributed by atoms with van der Waals surface area (Å²) in [7, 11) is 0. The molecule has 1 heterocycles. The Labute approximate surface area is 102 Å². The van der Waals surface area contributed by atoms with E-state index < -0.39 is 0 Å². The smallest absolute Gasteiger partial charge is 0.207 e. The summed E-state index contributed by atoms with van der Waals surface area (Å²) in [5.41, 5.74) is 1.25. The van der Waals surface area contributed by atoms with Crippen molar-refractivity contribution in [2.45, 2.75) is 6.92 Å². The van der Waals surface area contributed by atoms with Crippen molar-refractivity contribution in [3.8, 4) is 6.07 Å². The lowest BCUT2D eigenvalue weighted by atomic mass is 10.2. The molecule has 0 bridgehead atoms. The molecule has 1 aromatic carbocycles. The fraction of sp³-hybridized carbons (Fsp3) is 0.100. The highest BCUT2D eigenvalue weighted by Crippen LogP contribution is 2.26. The highest BCUT2D eigenvalue weighted by molar-refractivity contribution is 7.09. The molecule has 0 unspecified atom stereocenters. The molecule has 0 radical (unpaired) electrons. The molecule has 0 fully saturated rings. The molecule has 0 amide bonds. The predicted molar refractivity (Wildman–Crippen MR) is 64.1 cm³/mol. The Morgan fingerprint density at radius 3 is 2.88 bits per heavy atom. The van der Waals surface area contributed by atoms with Gasteiger partial charge in [-0.2, -0.15) is 9.64 Å². The average Bonchev–Trinajstić information content (AvgIpc) is 2.67. The molecular weight excluding hydrogens is 244 g/mol. The highest BCUT2D eigenvalue weighted by atomic mass is 35.5. The van der Waals surface area contributed by atoms with Crippen LogP contribution in [0.15, 0.2) is 18.2 Å². The lowest BCUT2D eigenvalue weighted by Crippen LogP contribution is -1.91. The van der Waals surface area contributed by atoms with Gasteiger partial charge in [-0.1, -0.05) is 11.6 Å². The van der Waals surface area contributed by atoms with Crippen LogP contribution in [0.25, 0.3) is 0 Å². The molecule has 2 rings (SSSR count). The average molecular weight is 251 g/mol. The fourth-order valence-corrected chi connectivity index (χ4v) is 1.96. The molecule has 0 aliphatic heterocycles. The van der Waals surface area contributed by atoms with Gasteiger partial charge in [-0.15, -0.1) is 0 Å². The molecule has 0 aliphatic rings. The monoisotopic (exact) mass is 250 g/mol. The maximum Gasteiger partial charge on any atom is 0.207 e. The van der Waals surface area contributed by atoms with Crippen LogP contribution >= 0.6 is 23.1 Å². The van der Waals surface area contributed by atoms with Crippen molar-refractivity contribution in [3.05, 3.63) is 34.6 Å². The van der Waals surface area contributed by atoms with E-state index in [1.807, 2.05) is 13.0 Å². The zero-order chi connectivity index (χ0) is 11.5. The van der Waals surface area contributed by atoms with Crippen molar-refractivity contribution < 1.29 is 0 Å². The molecule has 1 N–H and O–H groups in total. The Morgan fingerprint density at radius 2 is 2.31 bits per heavy atom. The Hall–Kier alpha value is -1.64. The number of hydrogen-bond donors (Lipinski definition) is 1. The van der Waals surface area contributed by atoms with Gasteiger partial charge in [0.15, 0.2) is 0 Å². The third kappa shape index (κ3) is 2.30. The van der Waals surface area contributed by atoms with Crippen LogP contribution in [0.3, 0.4) is 0 Å². The van der Waals surface area contributed by atoms with E-state index in [4.69, 9.17) is 16.9 Å². The van der Waals surface area contributed by atoms with E-state index in [1.54, 1.807) is 18.2 Å². The van der Waals surface area contributed by atoms with Crippen molar-refractivity contribution in [3.63, 3.8) is 0 Å². The number of benzene rings is 1. The fourth-order valence-electron chi connectivity index (χ4n) is 1.15. The number of aryl methyl sites for hydroxylation is 1. The number of nitrogens with one attached hydrogen (secondary N) is 1. The van der Waals surface area contributed by atoms with Gasteiger partial charge in [0.05, 0.1) is 22.3 Å². The first-order valence-electron chi connectivity index (χ1n) is 4.46. The number of rotatable bonds is 2. The first-order chi connectivity index (χ1) is 7.69. The van der Waals surface area contributed by atoms with E-state index in [-0.39, 0.29) is 0 Å². The lowest BCUT2D eigenvalue weighted by molar-refractivity contribution is 1.17. The van der Waals surface area contributed by atoms with Crippen molar-refractivity contribution >= 4 is 34.0 Å². The second-order valence-corrected chi connectivity index (χ2v) is 4.24. The predicted octanol–water partition coefficient (Wildman–Crippen LogP) is 3.12. The van der Waals surface area contributed by atoms with Crippen molar-refractivity contribution in [1.82, 2.24) is 9.36 Å². The Balaban J connectivity index is 2.26. The van der Waals surface area contributed by atoms with Crippen LogP contribution in [0, 0.1) is 18.3 Å². The van der Waals surface area contributed by atoms with E-state index in [9.17, 15) is 0 Å². The normalized spacial score (nSPS) is 9.81. The van der Waals surface area contributed by atoms with Gasteiger partial charge in [0.25, 0.3) is 0 Å². The third-order valence-electron chi connectivity index (χ3n) is 1.87. The maximum absolute atomic E-state index is 8.70. The summed E-state index contributed by atoms with van der Waals surface area (Å²) in [6.07, 6.45) is 0. The van der Waals surface area contributed by atoms with Crippen LogP contribution < -0.4 is 5.32 Å². The topological polar surface area (TPSA) is 61.6 Å². The van der Waals surface area contributed by atoms with Crippen LogP contribution in [-0.2, 0) is 0 Å². The minimum absolute atomic E-state index is 0.493. The summed E-state index contributed by atoms with van der Waals surface area (Å²) in [6, 6.07) is 7.08. The second-order valence-electron chi connectivity index (χ2n) is 3.08. The number of nitrogens with zero attached hydrogens (tertiary/aromatic N) is 3. The van der Waals surface area contributed by atoms with E-state index in [0.717, 1.165) is 11.5 Å². The largest absolute Gasteiger partial charge is 0.329 e. The Kier molecular flexibility index (Phi) is 3.04. The van der Waals surface area contributed by atoms with Crippen LogP contribution in [0.4, 0.5) is 10.8 Å². The van der Waals surface area contributed by atoms with Gasteiger partial charge >= 0.3 is 0 Å². The van der Waals surface area contributed by atoms with Gasteiger partial charge in [-0.25, -0.2) is 4.98 Å². The lowest BCUT2D eigenvalue weighted by Gasteiger charge is -2.04. The summed E-state index contributed by atoms with van der Waals surface area (Å²) in [6.45, 7) is 1.82. The number of anilines is 2. The van der Waals surface area contributed by atoms with Crippen LogP contribution in [0.2, 0.25) is 5.02 Å². The summed E-state index contributed by atoms with van der Waals surface area (Å²) >= 11 is 7.27. The molecule has 0 saturated heterocycles. The number of hydrogen-bond acceptors (Lipinski definition) is 5. The molecule has 16 heavy (non-hydrogen) atoms. The SMILES string of the molecule is Cc1nsc(Nc2ccc(C#N)cc2Cl)n1. The first-order valence-corrected chi connectivity index (χ1v) is 5.61. The van der Waals surface area contributed by atoms with Gasteiger partial charge in [-0.05, 0) is 25.1 Å². The number of halogens is 1. The van der Waals surface area contributed by atoms with Gasteiger partial charge in [0.2, 0.25) is 5.13 Å². The summed E-state index contributed by atoms with van der Waals surface area (Å²) in [5, 5.41) is 12.9. The van der Waals surface area contributed by atoms with Gasteiger partial charge in [0.1, 0.15) is 5.82 Å². The van der Waals surface area contributed by atoms with Crippen molar-refractivity contribution in [2.24, 2.45) is 0 Å². The van der Waals surface area contributed by atoms with Gasteiger partial charge in [-0.3, -0.25) is 0 Å². The van der Waals surface area contributed by atoms with E-state index in [1.165, 1.54) is 11.5 Å². The van der Waals surface area contributed by atoms with Gasteiger partial charge < -0.3 is 5.32 Å². The van der Waals surface area contributed by atoms with E-state index >= 15 is 0 Å². The standard InChI is InChI=1S/C10H7ClN4S/c1-6-13-10(16-15-6)14-9-3-2-7(5-12)4-8(9)11/h2-4H,1H3,(H,13,14,15). The molecule has 0 spiro atoms. The molecule has 1 aromatic heterocycles. The zero-order valence-corrected chi connectivity index (χ0v) is 9.93. The highest BCUT2D eigenvalue weighted by Gasteiger charge is 2.05. The maximum atomic E-state index is 8.70. The summed E-state index contributed by atoms with van der Waals surface area (Å²) in [5.74, 6) is 0.720. The van der Waals surface area contributed by atoms with Crippen LogP contribution in [0.5, 0.6) is 0 Å². The quantitative estimate of drug-likeness (QED) is 0.890. The molecule has 4 nitrogen and oxygen atoms in total. The van der Waals surface area contributed by atoms with E-state index in [0.29, 0.717) is 15.7 Å². The summed E-state index contributed by atoms with van der Waals surface area (Å²) < 4.78 is 4.05. The molecule has 6 heteroatoms. The molecular formula is C10H7ClN4S. The minimum atomic E-state index is 0.493. The Morgan fingerprint density at radius 1 is 1.50 bits per heavy atom. The number of aromatic nitrogens is 2. The third-order valence-corrected chi connectivity index (χ3v) is 2.90. The Bertz CT molecular complexity index is 558. The molecule has 80 valence electrons. The second kappa shape index (κ2) is 4.47. The molecule has 2 aromatic rings. The minimum Gasteiger partial charge on any atom is -0.329 e. The first kappa shape index (κ1) is 10.9. The molecule has 0 aliphatic carbocycles. The van der Waals surface area contributed by atoms with Crippen molar-refractivity contribution in [1.29, 1.82) is 5.26 Å². The molecule has 0 saturated carbocycles. The molecule has 0 atom stereocenters. The van der Waals surface area contributed by atoms with E-state index in [2.05, 4.69) is 14.7 Å².